The molecule has 1 aromatic heterocycles. The molecule has 1 heterocycles. The summed E-state index contributed by atoms with van der Waals surface area (Å²) in [5.74, 6) is 0.422. The fraction of sp³-hybridized carbons (Fsp3) is 0.533. The summed E-state index contributed by atoms with van der Waals surface area (Å²) < 4.78 is 0. The summed E-state index contributed by atoms with van der Waals surface area (Å²) in [6.45, 7) is 9.10. The molecule has 0 unspecified atom stereocenters. The average Bonchev–Trinajstić information content (AvgIpc) is 2.45. The minimum Gasteiger partial charge on any atom is -0.370 e. The monoisotopic (exact) mass is 292 g/mol. The zero-order valence-corrected chi connectivity index (χ0v) is 13.1. The standard InChI is InChI=1S/C15H24N4O2/c1-5-16-13-8-11(7-12(19-13)10(3)4)15(21)18-9-14(20)17-6-2/h7-8,10H,5-6,9H2,1-4H3,(H,16,19)(H,17,20)(H,18,21). The van der Waals surface area contributed by atoms with Gasteiger partial charge in [0, 0.05) is 24.3 Å². The quantitative estimate of drug-likeness (QED) is 0.711. The van der Waals surface area contributed by atoms with Gasteiger partial charge in [0.25, 0.3) is 5.91 Å². The van der Waals surface area contributed by atoms with E-state index >= 15 is 0 Å². The highest BCUT2D eigenvalue weighted by Gasteiger charge is 2.12. The van der Waals surface area contributed by atoms with Crippen LogP contribution in [-0.2, 0) is 4.79 Å². The molecule has 0 aliphatic carbocycles. The summed E-state index contributed by atoms with van der Waals surface area (Å²) in [5.41, 5.74) is 1.35. The molecule has 0 fully saturated rings. The minimum atomic E-state index is -0.273. The molecule has 0 aliphatic heterocycles. The highest BCUT2D eigenvalue weighted by atomic mass is 16.2. The molecule has 0 saturated carbocycles. The molecule has 0 radical (unpaired) electrons. The third-order valence-electron chi connectivity index (χ3n) is 2.84. The second-order valence-electron chi connectivity index (χ2n) is 4.99. The minimum absolute atomic E-state index is 0.0253. The molecular formula is C15H24N4O2. The molecule has 116 valence electrons. The fourth-order valence-electron chi connectivity index (χ4n) is 1.77. The topological polar surface area (TPSA) is 83.1 Å². The highest BCUT2D eigenvalue weighted by Crippen LogP contribution is 2.17. The summed E-state index contributed by atoms with van der Waals surface area (Å²) in [4.78, 5) is 28.0. The van der Waals surface area contributed by atoms with E-state index < -0.39 is 0 Å². The molecule has 1 aromatic rings. The summed E-state index contributed by atoms with van der Waals surface area (Å²) in [6, 6.07) is 3.46. The van der Waals surface area contributed by atoms with E-state index in [1.54, 1.807) is 12.1 Å². The first-order valence-electron chi connectivity index (χ1n) is 7.28. The molecule has 0 spiro atoms. The van der Waals surface area contributed by atoms with Gasteiger partial charge in [0.05, 0.1) is 6.54 Å². The number of carbonyl (C=O) groups excluding carboxylic acids is 2. The number of nitrogens with zero attached hydrogens (tertiary/aromatic N) is 1. The zero-order valence-electron chi connectivity index (χ0n) is 13.1. The first-order chi connectivity index (χ1) is 9.97. The van der Waals surface area contributed by atoms with Crippen LogP contribution in [0.2, 0.25) is 0 Å². The van der Waals surface area contributed by atoms with E-state index in [0.717, 1.165) is 12.2 Å². The Morgan fingerprint density at radius 3 is 2.43 bits per heavy atom. The van der Waals surface area contributed by atoms with Gasteiger partial charge < -0.3 is 16.0 Å². The zero-order chi connectivity index (χ0) is 15.8. The molecule has 0 atom stereocenters. The molecule has 0 aromatic carbocycles. The van der Waals surface area contributed by atoms with Gasteiger partial charge >= 0.3 is 0 Å². The lowest BCUT2D eigenvalue weighted by Gasteiger charge is -2.12. The number of pyridine rings is 1. The van der Waals surface area contributed by atoms with Gasteiger partial charge in [0.2, 0.25) is 5.91 Å². The van der Waals surface area contributed by atoms with Gasteiger partial charge in [0.15, 0.2) is 0 Å². The van der Waals surface area contributed by atoms with Gasteiger partial charge in [-0.1, -0.05) is 13.8 Å². The maximum Gasteiger partial charge on any atom is 0.251 e. The van der Waals surface area contributed by atoms with Crippen molar-refractivity contribution < 1.29 is 9.59 Å². The van der Waals surface area contributed by atoms with Crippen LogP contribution in [0.1, 0.15) is 49.7 Å². The number of carbonyl (C=O) groups is 2. The van der Waals surface area contributed by atoms with Gasteiger partial charge in [-0.15, -0.1) is 0 Å². The Morgan fingerprint density at radius 1 is 1.14 bits per heavy atom. The molecule has 0 aliphatic rings. The van der Waals surface area contributed by atoms with E-state index in [4.69, 9.17) is 0 Å². The SMILES string of the molecule is CCNC(=O)CNC(=O)c1cc(NCC)nc(C(C)C)c1. The van der Waals surface area contributed by atoms with Crippen molar-refractivity contribution in [3.05, 3.63) is 23.4 Å². The van der Waals surface area contributed by atoms with Crippen molar-refractivity contribution >= 4 is 17.6 Å². The lowest BCUT2D eigenvalue weighted by atomic mass is 10.1. The highest BCUT2D eigenvalue weighted by molar-refractivity contribution is 5.97. The summed E-state index contributed by atoms with van der Waals surface area (Å²) in [6.07, 6.45) is 0. The van der Waals surface area contributed by atoms with E-state index in [2.05, 4.69) is 20.9 Å². The number of aromatic nitrogens is 1. The van der Waals surface area contributed by atoms with Gasteiger partial charge in [-0.2, -0.15) is 0 Å². The molecule has 6 heteroatoms. The molecule has 2 amide bonds. The van der Waals surface area contributed by atoms with Gasteiger partial charge in [-0.05, 0) is 31.9 Å². The Bertz CT molecular complexity index is 500. The Morgan fingerprint density at radius 2 is 1.86 bits per heavy atom. The summed E-state index contributed by atoms with van der Waals surface area (Å²) in [7, 11) is 0. The molecule has 21 heavy (non-hydrogen) atoms. The Kier molecular flexibility index (Phi) is 6.65. The number of likely N-dealkylation sites (N-methyl/N-ethyl adjacent to an activating group) is 1. The average molecular weight is 292 g/mol. The third-order valence-corrected chi connectivity index (χ3v) is 2.84. The lowest BCUT2D eigenvalue weighted by Crippen LogP contribution is -2.36. The van der Waals surface area contributed by atoms with Crippen molar-refractivity contribution in [2.45, 2.75) is 33.6 Å². The van der Waals surface area contributed by atoms with Crippen LogP contribution in [-0.4, -0.2) is 36.4 Å². The van der Waals surface area contributed by atoms with Crippen LogP contribution in [0.3, 0.4) is 0 Å². The van der Waals surface area contributed by atoms with E-state index in [0.29, 0.717) is 17.9 Å². The van der Waals surface area contributed by atoms with E-state index in [9.17, 15) is 9.59 Å². The van der Waals surface area contributed by atoms with Crippen molar-refractivity contribution in [2.24, 2.45) is 0 Å². The number of amides is 2. The van der Waals surface area contributed by atoms with E-state index in [1.165, 1.54) is 0 Å². The molecular weight excluding hydrogens is 268 g/mol. The number of anilines is 1. The van der Waals surface area contributed by atoms with Crippen molar-refractivity contribution in [1.82, 2.24) is 15.6 Å². The summed E-state index contributed by atoms with van der Waals surface area (Å²) in [5, 5.41) is 8.36. The van der Waals surface area contributed by atoms with Crippen molar-refractivity contribution in [2.75, 3.05) is 25.0 Å². The van der Waals surface area contributed by atoms with E-state index in [-0.39, 0.29) is 24.3 Å². The van der Waals surface area contributed by atoms with Crippen molar-refractivity contribution in [3.63, 3.8) is 0 Å². The third kappa shape index (κ3) is 5.41. The first-order valence-corrected chi connectivity index (χ1v) is 7.28. The molecule has 1 rings (SSSR count). The molecule has 0 bridgehead atoms. The normalized spacial score (nSPS) is 10.3. The largest absolute Gasteiger partial charge is 0.370 e. The summed E-state index contributed by atoms with van der Waals surface area (Å²) >= 11 is 0. The van der Waals surface area contributed by atoms with Crippen LogP contribution < -0.4 is 16.0 Å². The Hall–Kier alpha value is -2.11. The maximum absolute atomic E-state index is 12.1. The van der Waals surface area contributed by atoms with Crippen LogP contribution in [0, 0.1) is 0 Å². The van der Waals surface area contributed by atoms with Gasteiger partial charge in [0.1, 0.15) is 5.82 Å². The van der Waals surface area contributed by atoms with Crippen molar-refractivity contribution in [3.8, 4) is 0 Å². The van der Waals surface area contributed by atoms with Crippen LogP contribution in [0.15, 0.2) is 12.1 Å². The van der Waals surface area contributed by atoms with E-state index in [1.807, 2.05) is 27.7 Å². The number of hydrogen-bond donors (Lipinski definition) is 3. The molecule has 0 saturated heterocycles. The second-order valence-corrected chi connectivity index (χ2v) is 4.99. The number of hydrogen-bond acceptors (Lipinski definition) is 4. The van der Waals surface area contributed by atoms with Gasteiger partial charge in [-0.25, -0.2) is 4.98 Å². The van der Waals surface area contributed by atoms with Gasteiger partial charge in [-0.3, -0.25) is 9.59 Å². The number of rotatable bonds is 7. The van der Waals surface area contributed by atoms with Crippen LogP contribution in [0.5, 0.6) is 0 Å². The first kappa shape index (κ1) is 16.9. The fourth-order valence-corrected chi connectivity index (χ4v) is 1.77. The maximum atomic E-state index is 12.1. The molecule has 6 nitrogen and oxygen atoms in total. The Balaban J connectivity index is 2.84. The second kappa shape index (κ2) is 8.24. The predicted octanol–water partition coefficient (Wildman–Crippen LogP) is 1.50. The van der Waals surface area contributed by atoms with Crippen LogP contribution >= 0.6 is 0 Å². The van der Waals surface area contributed by atoms with Crippen LogP contribution in [0.4, 0.5) is 5.82 Å². The number of nitrogens with one attached hydrogen (secondary N) is 3. The Labute approximate surface area is 125 Å². The molecule has 3 N–H and O–H groups in total. The smallest absolute Gasteiger partial charge is 0.251 e. The lowest BCUT2D eigenvalue weighted by molar-refractivity contribution is -0.120. The predicted molar refractivity (Wildman–Crippen MR) is 83.5 cm³/mol. The van der Waals surface area contributed by atoms with Crippen molar-refractivity contribution in [1.29, 1.82) is 0 Å². The van der Waals surface area contributed by atoms with Crippen LogP contribution in [0.25, 0.3) is 0 Å².